The summed E-state index contributed by atoms with van der Waals surface area (Å²) in [6.45, 7) is 3.53. The minimum atomic E-state index is -0.431. The molecule has 4 nitrogen and oxygen atoms in total. The first-order valence-corrected chi connectivity index (χ1v) is 10.4. The molecule has 2 aromatic carbocycles. The second-order valence-corrected chi connectivity index (χ2v) is 8.04. The zero-order chi connectivity index (χ0) is 20.4. The van der Waals surface area contributed by atoms with Crippen LogP contribution in [-0.2, 0) is 0 Å². The van der Waals surface area contributed by atoms with Crippen LogP contribution in [0.5, 0.6) is 0 Å². The van der Waals surface area contributed by atoms with Gasteiger partial charge in [0.25, 0.3) is 5.91 Å². The van der Waals surface area contributed by atoms with Crippen molar-refractivity contribution in [3.8, 4) is 11.3 Å². The number of carbonyl (C=O) groups excluding carboxylic acids is 1. The standard InChI is InChI=1S/C23H21BrFN3O/c1-15-18(10-11-20(26-15)16-6-4-7-17(24)14-16)23(29)27-22-19(25)8-5-9-21(22)28-12-2-3-13-28/h4-11,14H,2-3,12-13H2,1H3,(H,27,29). The summed E-state index contributed by atoms with van der Waals surface area (Å²) in [5.41, 5.74) is 3.73. The molecule has 6 heteroatoms. The van der Waals surface area contributed by atoms with E-state index in [1.807, 2.05) is 36.4 Å². The fraction of sp³-hybridized carbons (Fsp3) is 0.217. The minimum absolute atomic E-state index is 0.231. The molecule has 1 saturated heterocycles. The number of para-hydroxylation sites is 1. The van der Waals surface area contributed by atoms with Crippen molar-refractivity contribution in [3.63, 3.8) is 0 Å². The maximum Gasteiger partial charge on any atom is 0.257 e. The van der Waals surface area contributed by atoms with Crippen LogP contribution in [0.25, 0.3) is 11.3 Å². The molecular formula is C23H21BrFN3O. The molecule has 2 heterocycles. The predicted octanol–water partition coefficient (Wildman–Crippen LogP) is 5.81. The molecule has 4 rings (SSSR count). The van der Waals surface area contributed by atoms with E-state index in [1.165, 1.54) is 6.07 Å². The third kappa shape index (κ3) is 4.17. The maximum atomic E-state index is 14.5. The van der Waals surface area contributed by atoms with E-state index in [2.05, 4.69) is 31.1 Å². The number of carbonyl (C=O) groups is 1. The number of hydrogen-bond donors (Lipinski definition) is 1. The first-order chi connectivity index (χ1) is 14.0. The lowest BCUT2D eigenvalue weighted by Crippen LogP contribution is -2.22. The third-order valence-corrected chi connectivity index (χ3v) is 5.62. The average molecular weight is 454 g/mol. The first kappa shape index (κ1) is 19.6. The number of amides is 1. The van der Waals surface area contributed by atoms with Crippen molar-refractivity contribution in [1.29, 1.82) is 0 Å². The zero-order valence-electron chi connectivity index (χ0n) is 16.1. The van der Waals surface area contributed by atoms with Gasteiger partial charge in [-0.2, -0.15) is 0 Å². The van der Waals surface area contributed by atoms with E-state index in [1.54, 1.807) is 19.1 Å². The molecule has 0 radical (unpaired) electrons. The highest BCUT2D eigenvalue weighted by molar-refractivity contribution is 9.10. The molecule has 0 aliphatic carbocycles. The third-order valence-electron chi connectivity index (χ3n) is 5.13. The van der Waals surface area contributed by atoms with Crippen molar-refractivity contribution in [3.05, 3.63) is 76.1 Å². The van der Waals surface area contributed by atoms with E-state index in [0.717, 1.165) is 47.3 Å². The molecule has 1 N–H and O–H groups in total. The van der Waals surface area contributed by atoms with Crippen molar-refractivity contribution >= 4 is 33.2 Å². The van der Waals surface area contributed by atoms with Crippen LogP contribution in [-0.4, -0.2) is 24.0 Å². The van der Waals surface area contributed by atoms with Crippen molar-refractivity contribution in [2.45, 2.75) is 19.8 Å². The summed E-state index contributed by atoms with van der Waals surface area (Å²) in [7, 11) is 0. The molecule has 148 valence electrons. The van der Waals surface area contributed by atoms with Crippen molar-refractivity contribution < 1.29 is 9.18 Å². The summed E-state index contributed by atoms with van der Waals surface area (Å²) in [4.78, 5) is 19.6. The van der Waals surface area contributed by atoms with E-state index < -0.39 is 5.82 Å². The fourth-order valence-corrected chi connectivity index (χ4v) is 4.05. The summed E-state index contributed by atoms with van der Waals surface area (Å²) < 4.78 is 15.5. The number of halogens is 2. The highest BCUT2D eigenvalue weighted by Crippen LogP contribution is 2.32. The largest absolute Gasteiger partial charge is 0.370 e. The van der Waals surface area contributed by atoms with Gasteiger partial charge >= 0.3 is 0 Å². The number of hydrogen-bond acceptors (Lipinski definition) is 3. The van der Waals surface area contributed by atoms with Crippen LogP contribution in [0.1, 0.15) is 28.9 Å². The Morgan fingerprint density at radius 3 is 2.59 bits per heavy atom. The topological polar surface area (TPSA) is 45.2 Å². The molecule has 29 heavy (non-hydrogen) atoms. The van der Waals surface area contributed by atoms with Crippen LogP contribution in [0.4, 0.5) is 15.8 Å². The molecule has 0 atom stereocenters. The molecule has 0 saturated carbocycles. The molecule has 0 unspecified atom stereocenters. The number of nitrogens with one attached hydrogen (secondary N) is 1. The summed E-state index contributed by atoms with van der Waals surface area (Å²) >= 11 is 3.46. The quantitative estimate of drug-likeness (QED) is 0.541. The summed E-state index contributed by atoms with van der Waals surface area (Å²) in [6.07, 6.45) is 2.15. The van der Waals surface area contributed by atoms with Crippen molar-refractivity contribution in [2.75, 3.05) is 23.3 Å². The molecule has 1 aliphatic rings. The Bertz CT molecular complexity index is 1060. The lowest BCUT2D eigenvalue weighted by atomic mass is 10.1. The lowest BCUT2D eigenvalue weighted by Gasteiger charge is -2.22. The van der Waals surface area contributed by atoms with E-state index in [4.69, 9.17) is 0 Å². The maximum absolute atomic E-state index is 14.5. The highest BCUT2D eigenvalue weighted by Gasteiger charge is 2.21. The van der Waals surface area contributed by atoms with E-state index >= 15 is 0 Å². The van der Waals surface area contributed by atoms with Gasteiger partial charge in [0, 0.05) is 23.1 Å². The van der Waals surface area contributed by atoms with Crippen molar-refractivity contribution in [1.82, 2.24) is 4.98 Å². The molecule has 1 aliphatic heterocycles. The fourth-order valence-electron chi connectivity index (χ4n) is 3.65. The van der Waals surface area contributed by atoms with Crippen LogP contribution in [0.2, 0.25) is 0 Å². The Labute approximate surface area is 177 Å². The van der Waals surface area contributed by atoms with Gasteiger partial charge in [0.2, 0.25) is 0 Å². The van der Waals surface area contributed by atoms with Gasteiger partial charge in [0.15, 0.2) is 0 Å². The number of nitrogens with zero attached hydrogens (tertiary/aromatic N) is 2. The molecule has 0 bridgehead atoms. The van der Waals surface area contributed by atoms with Crippen LogP contribution >= 0.6 is 15.9 Å². The van der Waals surface area contributed by atoms with Crippen LogP contribution in [0.3, 0.4) is 0 Å². The van der Waals surface area contributed by atoms with Gasteiger partial charge in [-0.05, 0) is 56.2 Å². The first-order valence-electron chi connectivity index (χ1n) is 9.61. The van der Waals surface area contributed by atoms with Gasteiger partial charge in [-0.25, -0.2) is 4.39 Å². The lowest BCUT2D eigenvalue weighted by molar-refractivity contribution is 0.102. The number of rotatable bonds is 4. The number of benzene rings is 2. The van der Waals surface area contributed by atoms with Gasteiger partial charge in [-0.1, -0.05) is 34.1 Å². The van der Waals surface area contributed by atoms with Crippen molar-refractivity contribution in [2.24, 2.45) is 0 Å². The van der Waals surface area contributed by atoms with Gasteiger partial charge in [-0.3, -0.25) is 9.78 Å². The van der Waals surface area contributed by atoms with Gasteiger partial charge in [0.1, 0.15) is 11.5 Å². The summed E-state index contributed by atoms with van der Waals surface area (Å²) in [6, 6.07) is 16.3. The van der Waals surface area contributed by atoms with E-state index in [9.17, 15) is 9.18 Å². The highest BCUT2D eigenvalue weighted by atomic mass is 79.9. The predicted molar refractivity (Wildman–Crippen MR) is 118 cm³/mol. The van der Waals surface area contributed by atoms with Gasteiger partial charge in [-0.15, -0.1) is 0 Å². The number of aromatic nitrogens is 1. The SMILES string of the molecule is Cc1nc(-c2cccc(Br)c2)ccc1C(=O)Nc1c(F)cccc1N1CCCC1. The summed E-state index contributed by atoms with van der Waals surface area (Å²) in [5.74, 6) is -0.791. The van der Waals surface area contributed by atoms with Crippen LogP contribution in [0.15, 0.2) is 59.1 Å². The molecule has 1 aromatic heterocycles. The number of anilines is 2. The Kier molecular flexibility index (Phi) is 5.62. The van der Waals surface area contributed by atoms with E-state index in [-0.39, 0.29) is 11.6 Å². The second kappa shape index (κ2) is 8.33. The van der Waals surface area contributed by atoms with Crippen LogP contribution < -0.4 is 10.2 Å². The Morgan fingerprint density at radius 1 is 1.10 bits per heavy atom. The Balaban J connectivity index is 1.61. The van der Waals surface area contributed by atoms with Gasteiger partial charge in [0.05, 0.1) is 22.6 Å². The molecule has 1 amide bonds. The van der Waals surface area contributed by atoms with Crippen LogP contribution in [0, 0.1) is 12.7 Å². The number of pyridine rings is 1. The summed E-state index contributed by atoms with van der Waals surface area (Å²) in [5, 5.41) is 2.78. The molecule has 3 aromatic rings. The molecule has 0 spiro atoms. The van der Waals surface area contributed by atoms with Gasteiger partial charge < -0.3 is 10.2 Å². The Hall–Kier alpha value is -2.73. The zero-order valence-corrected chi connectivity index (χ0v) is 17.7. The smallest absolute Gasteiger partial charge is 0.257 e. The van der Waals surface area contributed by atoms with E-state index in [0.29, 0.717) is 11.3 Å². The molecule has 1 fully saturated rings. The Morgan fingerprint density at radius 2 is 1.86 bits per heavy atom. The normalized spacial score (nSPS) is 13.6. The molecular weight excluding hydrogens is 433 g/mol. The minimum Gasteiger partial charge on any atom is -0.370 e. The monoisotopic (exact) mass is 453 g/mol. The second-order valence-electron chi connectivity index (χ2n) is 7.12. The average Bonchev–Trinajstić information content (AvgIpc) is 3.24. The number of aryl methyl sites for hydroxylation is 1.